The first kappa shape index (κ1) is 16.2. The summed E-state index contributed by atoms with van der Waals surface area (Å²) in [7, 11) is 1.66. The number of thiazole rings is 1. The van der Waals surface area contributed by atoms with Crippen molar-refractivity contribution < 1.29 is 4.42 Å². The number of amidine groups is 1. The van der Waals surface area contributed by atoms with Crippen LogP contribution in [0.5, 0.6) is 0 Å². The third-order valence-corrected chi connectivity index (χ3v) is 5.09. The summed E-state index contributed by atoms with van der Waals surface area (Å²) in [4.78, 5) is 26.6. The molecule has 4 heterocycles. The molecule has 7 nitrogen and oxygen atoms in total. The maximum absolute atomic E-state index is 5.60. The number of aliphatic imine (C=N–C) groups is 2. The van der Waals surface area contributed by atoms with Gasteiger partial charge in [0.05, 0.1) is 22.5 Å². The van der Waals surface area contributed by atoms with Crippen LogP contribution < -0.4 is 0 Å². The summed E-state index contributed by atoms with van der Waals surface area (Å²) in [6.07, 6.45) is 6.61. The molecule has 0 amide bonds. The van der Waals surface area contributed by atoms with Crippen LogP contribution in [-0.4, -0.2) is 39.5 Å². The van der Waals surface area contributed by atoms with E-state index < -0.39 is 0 Å². The van der Waals surface area contributed by atoms with Crippen molar-refractivity contribution in [1.29, 1.82) is 0 Å². The van der Waals surface area contributed by atoms with Crippen molar-refractivity contribution in [2.45, 2.75) is 6.92 Å². The van der Waals surface area contributed by atoms with E-state index in [2.05, 4.69) is 31.7 Å². The van der Waals surface area contributed by atoms with Crippen LogP contribution in [0.2, 0.25) is 0 Å². The third-order valence-electron chi connectivity index (χ3n) is 3.86. The summed E-state index contributed by atoms with van der Waals surface area (Å²) in [5.41, 5.74) is 3.85. The Balaban J connectivity index is 1.90. The normalized spacial score (nSPS) is 11.8. The van der Waals surface area contributed by atoms with Gasteiger partial charge in [-0.25, -0.2) is 24.9 Å². The summed E-state index contributed by atoms with van der Waals surface area (Å²) in [5.74, 6) is 0.470. The van der Waals surface area contributed by atoms with E-state index in [1.807, 2.05) is 19.1 Å². The first-order valence-corrected chi connectivity index (χ1v) is 8.58. The predicted octanol–water partition coefficient (Wildman–Crippen LogP) is 3.79. The van der Waals surface area contributed by atoms with Crippen molar-refractivity contribution >= 4 is 34.9 Å². The van der Waals surface area contributed by atoms with Crippen LogP contribution in [0, 0.1) is 6.92 Å². The zero-order valence-corrected chi connectivity index (χ0v) is 15.0. The van der Waals surface area contributed by atoms with E-state index in [0.717, 1.165) is 32.2 Å². The van der Waals surface area contributed by atoms with Gasteiger partial charge in [0.15, 0.2) is 5.84 Å². The second-order valence-electron chi connectivity index (χ2n) is 5.45. The van der Waals surface area contributed by atoms with Gasteiger partial charge in [-0.15, -0.1) is 11.3 Å². The monoisotopic (exact) mass is 362 g/mol. The van der Waals surface area contributed by atoms with Crippen LogP contribution in [0.3, 0.4) is 0 Å². The number of hydrogen-bond donors (Lipinski definition) is 0. The molecule has 0 spiro atoms. The van der Waals surface area contributed by atoms with Gasteiger partial charge in [-0.2, -0.15) is 0 Å². The van der Waals surface area contributed by atoms with Crippen molar-refractivity contribution in [1.82, 2.24) is 19.9 Å². The lowest BCUT2D eigenvalue weighted by atomic mass is 10.1. The molecule has 0 radical (unpaired) electrons. The Morgan fingerprint density at radius 2 is 2.04 bits per heavy atom. The van der Waals surface area contributed by atoms with E-state index in [4.69, 9.17) is 9.40 Å². The summed E-state index contributed by atoms with van der Waals surface area (Å²) < 4.78 is 5.60. The Morgan fingerprint density at radius 1 is 1.23 bits per heavy atom. The van der Waals surface area contributed by atoms with Crippen LogP contribution in [0.15, 0.2) is 51.5 Å². The first-order valence-electron chi connectivity index (χ1n) is 7.76. The molecule has 4 rings (SSSR count). The molecule has 0 unspecified atom stereocenters. The second kappa shape index (κ2) is 6.57. The summed E-state index contributed by atoms with van der Waals surface area (Å²) in [5, 5.41) is 1.69. The topological polar surface area (TPSA) is 89.4 Å². The van der Waals surface area contributed by atoms with Crippen LogP contribution in [0.25, 0.3) is 32.1 Å². The van der Waals surface area contributed by atoms with Gasteiger partial charge in [0, 0.05) is 36.5 Å². The van der Waals surface area contributed by atoms with Crippen molar-refractivity contribution in [3.05, 3.63) is 48.5 Å². The average Bonchev–Trinajstić information content (AvgIpc) is 3.29. The highest BCUT2D eigenvalue weighted by molar-refractivity contribution is 7.18. The molecule has 0 aliphatic rings. The van der Waals surface area contributed by atoms with Gasteiger partial charge in [0.1, 0.15) is 22.6 Å². The van der Waals surface area contributed by atoms with E-state index in [9.17, 15) is 0 Å². The maximum atomic E-state index is 5.60. The van der Waals surface area contributed by atoms with Gasteiger partial charge >= 0.3 is 0 Å². The fraction of sp³-hybridized carbons (Fsp3) is 0.111. The lowest BCUT2D eigenvalue weighted by molar-refractivity contribution is 0.615. The number of hydrogen-bond acceptors (Lipinski definition) is 7. The highest BCUT2D eigenvalue weighted by atomic mass is 32.1. The fourth-order valence-electron chi connectivity index (χ4n) is 2.67. The van der Waals surface area contributed by atoms with Crippen molar-refractivity contribution in [2.24, 2.45) is 9.98 Å². The quantitative estimate of drug-likeness (QED) is 0.408. The molecule has 0 saturated carbocycles. The molecule has 0 saturated heterocycles. The number of aryl methyl sites for hydroxylation is 1. The zero-order chi connectivity index (χ0) is 18.1. The Kier molecular flexibility index (Phi) is 4.10. The van der Waals surface area contributed by atoms with Gasteiger partial charge < -0.3 is 4.42 Å². The van der Waals surface area contributed by atoms with Gasteiger partial charge in [-0.1, -0.05) is 0 Å². The van der Waals surface area contributed by atoms with E-state index in [1.165, 1.54) is 17.7 Å². The van der Waals surface area contributed by atoms with Crippen LogP contribution >= 0.6 is 11.3 Å². The van der Waals surface area contributed by atoms with Gasteiger partial charge in [0.2, 0.25) is 0 Å². The molecule has 4 aromatic rings. The molecule has 0 bridgehead atoms. The molecule has 8 heteroatoms. The molecule has 0 fully saturated rings. The maximum Gasteiger partial charge on any atom is 0.173 e. The second-order valence-corrected chi connectivity index (χ2v) is 6.45. The highest BCUT2D eigenvalue weighted by Gasteiger charge is 2.18. The first-order chi connectivity index (χ1) is 12.7. The zero-order valence-electron chi connectivity index (χ0n) is 14.2. The molecular weight excluding hydrogens is 348 g/mol. The molecular formula is C18H14N6OS. The molecule has 26 heavy (non-hydrogen) atoms. The van der Waals surface area contributed by atoms with Crippen LogP contribution in [0.4, 0.5) is 0 Å². The van der Waals surface area contributed by atoms with Crippen molar-refractivity contribution in [2.75, 3.05) is 7.05 Å². The number of aromatic nitrogens is 4. The lowest BCUT2D eigenvalue weighted by Crippen LogP contribution is -2.02. The van der Waals surface area contributed by atoms with E-state index >= 15 is 0 Å². The summed E-state index contributed by atoms with van der Waals surface area (Å²) in [6, 6.07) is 3.76. The molecule has 0 aromatic carbocycles. The number of fused-ring (bicyclic) bond motifs is 1. The minimum Gasteiger partial charge on any atom is -0.464 e. The molecule has 128 valence electrons. The third kappa shape index (κ3) is 2.70. The molecule has 0 N–H and O–H groups in total. The number of nitrogens with zero attached hydrogens (tertiary/aromatic N) is 6. The van der Waals surface area contributed by atoms with E-state index in [-0.39, 0.29) is 0 Å². The number of furan rings is 1. The molecule has 4 aromatic heterocycles. The Morgan fingerprint density at radius 3 is 2.77 bits per heavy atom. The van der Waals surface area contributed by atoms with Gasteiger partial charge in [0.25, 0.3) is 0 Å². The molecule has 0 aliphatic carbocycles. The lowest BCUT2D eigenvalue weighted by Gasteiger charge is -2.05. The minimum atomic E-state index is 0.470. The average molecular weight is 362 g/mol. The van der Waals surface area contributed by atoms with E-state index in [1.54, 1.807) is 25.7 Å². The van der Waals surface area contributed by atoms with E-state index in [0.29, 0.717) is 17.1 Å². The summed E-state index contributed by atoms with van der Waals surface area (Å²) >= 11 is 1.53. The summed E-state index contributed by atoms with van der Waals surface area (Å²) in [6.45, 7) is 5.54. The van der Waals surface area contributed by atoms with Crippen molar-refractivity contribution in [3.63, 3.8) is 0 Å². The Bertz CT molecular complexity index is 1130. The SMILES string of the molecule is C=NC(=NC)c1nc(-c2sc(-c3cncnc3)nc2C)cc2occc12. The van der Waals surface area contributed by atoms with Crippen LogP contribution in [0.1, 0.15) is 11.4 Å². The highest BCUT2D eigenvalue weighted by Crippen LogP contribution is 2.35. The predicted molar refractivity (Wildman–Crippen MR) is 103 cm³/mol. The minimum absolute atomic E-state index is 0.470. The Labute approximate surface area is 153 Å². The van der Waals surface area contributed by atoms with Gasteiger partial charge in [-0.05, 0) is 19.7 Å². The smallest absolute Gasteiger partial charge is 0.173 e. The molecule has 0 aliphatic heterocycles. The number of rotatable bonds is 3. The van der Waals surface area contributed by atoms with Crippen molar-refractivity contribution in [3.8, 4) is 21.1 Å². The molecule has 0 atom stereocenters. The number of pyridine rings is 1. The largest absolute Gasteiger partial charge is 0.464 e. The Hall–Kier alpha value is -3.26. The van der Waals surface area contributed by atoms with Gasteiger partial charge in [-0.3, -0.25) is 4.99 Å². The van der Waals surface area contributed by atoms with Crippen LogP contribution in [-0.2, 0) is 0 Å². The fourth-order valence-corrected chi connectivity index (χ4v) is 3.67. The standard InChI is InChI=1S/C18H14N6OS/c1-10-16(26-18(23-10)11-7-21-9-22-8-11)13-6-14-12(4-5-25-14)15(24-13)17(19-2)20-3/h4-9H,2H2,1,3H3.